The number of thiophene rings is 2. The standard InChI is InChI=1S/C28H31N3O6S3/c1-16(39-18-9-6-8-17(14-18)29-24(33)20-10-7-13-38-20)23(32)30-25-22(26(34)36-5)19-11-12-31(15-21(19)40-25)27(35)37-28(2,3)4/h6-10,13-14,16H,11-12,15H2,1-5H3,(H,29,33)(H,30,32). The van der Waals surface area contributed by atoms with E-state index in [0.29, 0.717) is 34.1 Å². The molecular weight excluding hydrogens is 571 g/mol. The van der Waals surface area contributed by atoms with E-state index in [0.717, 1.165) is 15.3 Å². The van der Waals surface area contributed by atoms with Gasteiger partial charge in [0.2, 0.25) is 5.91 Å². The summed E-state index contributed by atoms with van der Waals surface area (Å²) in [7, 11) is 1.30. The smallest absolute Gasteiger partial charge is 0.410 e. The number of esters is 1. The zero-order valence-electron chi connectivity index (χ0n) is 22.9. The summed E-state index contributed by atoms with van der Waals surface area (Å²) in [6.45, 7) is 7.87. The summed E-state index contributed by atoms with van der Waals surface area (Å²) >= 11 is 3.96. The van der Waals surface area contributed by atoms with Gasteiger partial charge in [0.1, 0.15) is 10.6 Å². The lowest BCUT2D eigenvalue weighted by Crippen LogP contribution is -2.39. The number of nitrogens with one attached hydrogen (secondary N) is 2. The number of carbonyl (C=O) groups excluding carboxylic acids is 4. The molecule has 9 nitrogen and oxygen atoms in total. The minimum Gasteiger partial charge on any atom is -0.465 e. The molecule has 1 atom stereocenters. The van der Waals surface area contributed by atoms with Crippen molar-refractivity contribution in [2.45, 2.75) is 56.4 Å². The Hall–Kier alpha value is -3.35. The van der Waals surface area contributed by atoms with Crippen LogP contribution in [0.2, 0.25) is 0 Å². The molecule has 2 N–H and O–H groups in total. The number of thioether (sulfide) groups is 1. The maximum Gasteiger partial charge on any atom is 0.410 e. The van der Waals surface area contributed by atoms with Crippen molar-refractivity contribution in [1.29, 1.82) is 0 Å². The lowest BCUT2D eigenvalue weighted by molar-refractivity contribution is -0.115. The lowest BCUT2D eigenvalue weighted by atomic mass is 10.0. The Morgan fingerprint density at radius 1 is 1.10 bits per heavy atom. The van der Waals surface area contributed by atoms with Crippen molar-refractivity contribution in [1.82, 2.24) is 4.90 Å². The number of hydrogen-bond donors (Lipinski definition) is 2. The summed E-state index contributed by atoms with van der Waals surface area (Å²) < 4.78 is 10.5. The van der Waals surface area contributed by atoms with E-state index in [1.807, 2.05) is 50.4 Å². The molecule has 0 saturated heterocycles. The summed E-state index contributed by atoms with van der Waals surface area (Å²) in [6.07, 6.45) is 0.0234. The number of methoxy groups -OCH3 is 1. The first-order valence-electron chi connectivity index (χ1n) is 12.6. The molecule has 3 amide bonds. The van der Waals surface area contributed by atoms with Gasteiger partial charge in [-0.05, 0) is 69.3 Å². The van der Waals surface area contributed by atoms with Crippen LogP contribution in [-0.4, -0.2) is 53.3 Å². The highest BCUT2D eigenvalue weighted by Gasteiger charge is 2.33. The third-order valence-electron chi connectivity index (χ3n) is 5.85. The highest BCUT2D eigenvalue weighted by molar-refractivity contribution is 8.00. The van der Waals surface area contributed by atoms with Crippen molar-refractivity contribution in [2.24, 2.45) is 0 Å². The topological polar surface area (TPSA) is 114 Å². The zero-order chi connectivity index (χ0) is 29.0. The fourth-order valence-corrected chi connectivity index (χ4v) is 6.81. The van der Waals surface area contributed by atoms with Gasteiger partial charge in [-0.1, -0.05) is 12.1 Å². The molecule has 0 fully saturated rings. The van der Waals surface area contributed by atoms with Gasteiger partial charge in [0.25, 0.3) is 5.91 Å². The predicted molar refractivity (Wildman–Crippen MR) is 159 cm³/mol. The first kappa shape index (κ1) is 29.6. The van der Waals surface area contributed by atoms with E-state index >= 15 is 0 Å². The molecule has 0 saturated carbocycles. The van der Waals surface area contributed by atoms with Gasteiger partial charge in [0, 0.05) is 22.0 Å². The Kier molecular flexibility index (Phi) is 9.22. The van der Waals surface area contributed by atoms with Crippen LogP contribution in [0, 0.1) is 0 Å². The number of benzene rings is 1. The molecule has 4 rings (SSSR count). The fourth-order valence-electron chi connectivity index (χ4n) is 4.01. The van der Waals surface area contributed by atoms with E-state index in [1.165, 1.54) is 41.5 Å². The van der Waals surface area contributed by atoms with Crippen molar-refractivity contribution in [2.75, 3.05) is 24.3 Å². The summed E-state index contributed by atoms with van der Waals surface area (Å²) in [6, 6.07) is 10.9. The highest BCUT2D eigenvalue weighted by atomic mass is 32.2. The van der Waals surface area contributed by atoms with Crippen molar-refractivity contribution >= 4 is 69.0 Å². The van der Waals surface area contributed by atoms with Crippen LogP contribution in [0.3, 0.4) is 0 Å². The fraction of sp³-hybridized carbons (Fsp3) is 0.357. The van der Waals surface area contributed by atoms with E-state index in [-0.39, 0.29) is 18.4 Å². The number of amides is 3. The molecule has 0 spiro atoms. The first-order valence-corrected chi connectivity index (χ1v) is 15.2. The lowest BCUT2D eigenvalue weighted by Gasteiger charge is -2.30. The molecule has 3 aromatic rings. The van der Waals surface area contributed by atoms with Crippen LogP contribution in [0.1, 0.15) is 58.2 Å². The average Bonchev–Trinajstić information content (AvgIpc) is 3.55. The third-order valence-corrected chi connectivity index (χ3v) is 8.95. The largest absolute Gasteiger partial charge is 0.465 e. The third kappa shape index (κ3) is 7.23. The summed E-state index contributed by atoms with van der Waals surface area (Å²) in [5.74, 6) is -1.01. The van der Waals surface area contributed by atoms with Crippen LogP contribution in [0.25, 0.3) is 0 Å². The Morgan fingerprint density at radius 2 is 1.88 bits per heavy atom. The summed E-state index contributed by atoms with van der Waals surface area (Å²) in [4.78, 5) is 54.7. The van der Waals surface area contributed by atoms with Gasteiger partial charge in [0.05, 0.1) is 29.3 Å². The van der Waals surface area contributed by atoms with Gasteiger partial charge in [-0.15, -0.1) is 34.4 Å². The van der Waals surface area contributed by atoms with Crippen LogP contribution in [-0.2, 0) is 27.2 Å². The monoisotopic (exact) mass is 601 g/mol. The average molecular weight is 602 g/mol. The Balaban J connectivity index is 1.45. The van der Waals surface area contributed by atoms with Crippen molar-refractivity contribution in [3.05, 3.63) is 62.7 Å². The number of ether oxygens (including phenoxy) is 2. The van der Waals surface area contributed by atoms with Crippen LogP contribution in [0.15, 0.2) is 46.7 Å². The van der Waals surface area contributed by atoms with Crippen LogP contribution >= 0.6 is 34.4 Å². The molecule has 12 heteroatoms. The van der Waals surface area contributed by atoms with Gasteiger partial charge in [-0.2, -0.15) is 0 Å². The second kappa shape index (κ2) is 12.4. The van der Waals surface area contributed by atoms with Gasteiger partial charge in [-0.25, -0.2) is 9.59 Å². The van der Waals surface area contributed by atoms with Gasteiger partial charge in [-0.3, -0.25) is 9.59 Å². The van der Waals surface area contributed by atoms with Crippen LogP contribution in [0.4, 0.5) is 15.5 Å². The van der Waals surface area contributed by atoms with Crippen molar-refractivity contribution < 1.29 is 28.7 Å². The van der Waals surface area contributed by atoms with Gasteiger partial charge in [0.15, 0.2) is 0 Å². The Bertz CT molecular complexity index is 1410. The molecule has 1 unspecified atom stereocenters. The van der Waals surface area contributed by atoms with Crippen LogP contribution < -0.4 is 10.6 Å². The van der Waals surface area contributed by atoms with Crippen molar-refractivity contribution in [3.63, 3.8) is 0 Å². The van der Waals surface area contributed by atoms with Crippen LogP contribution in [0.5, 0.6) is 0 Å². The molecule has 0 radical (unpaired) electrons. The molecule has 0 aliphatic carbocycles. The molecule has 1 aromatic carbocycles. The number of carbonyl (C=O) groups is 4. The second-order valence-electron chi connectivity index (χ2n) is 10.1. The SMILES string of the molecule is COC(=O)c1c(NC(=O)C(C)Sc2cccc(NC(=O)c3cccs3)c2)sc2c1CCN(C(=O)OC(C)(C)C)C2. The molecule has 1 aliphatic rings. The van der Waals surface area contributed by atoms with Gasteiger partial charge >= 0.3 is 12.1 Å². The number of rotatable bonds is 7. The molecule has 2 aromatic heterocycles. The predicted octanol–water partition coefficient (Wildman–Crippen LogP) is 6.26. The highest BCUT2D eigenvalue weighted by Crippen LogP contribution is 2.38. The number of hydrogen-bond acceptors (Lipinski definition) is 9. The Labute approximate surface area is 245 Å². The Morgan fingerprint density at radius 3 is 2.55 bits per heavy atom. The van der Waals surface area contributed by atoms with E-state index in [9.17, 15) is 19.2 Å². The minimum absolute atomic E-state index is 0.190. The number of anilines is 2. The molecule has 212 valence electrons. The van der Waals surface area contributed by atoms with E-state index in [1.54, 1.807) is 24.0 Å². The van der Waals surface area contributed by atoms with Crippen molar-refractivity contribution in [3.8, 4) is 0 Å². The van der Waals surface area contributed by atoms with E-state index in [4.69, 9.17) is 9.47 Å². The molecule has 0 bridgehead atoms. The number of fused-ring (bicyclic) bond motifs is 1. The normalized spacial score (nSPS) is 13.7. The zero-order valence-corrected chi connectivity index (χ0v) is 25.3. The summed E-state index contributed by atoms with van der Waals surface area (Å²) in [5.41, 5.74) is 1.12. The molecule has 3 heterocycles. The van der Waals surface area contributed by atoms with E-state index in [2.05, 4.69) is 10.6 Å². The quantitative estimate of drug-likeness (QED) is 0.243. The molecule has 40 heavy (non-hydrogen) atoms. The first-order chi connectivity index (χ1) is 18.9. The minimum atomic E-state index is -0.619. The maximum absolute atomic E-state index is 13.2. The molecule has 1 aliphatic heterocycles. The second-order valence-corrected chi connectivity index (χ2v) is 13.5. The van der Waals surface area contributed by atoms with E-state index < -0.39 is 22.9 Å². The maximum atomic E-state index is 13.2. The number of nitrogens with zero attached hydrogens (tertiary/aromatic N) is 1. The molecular formula is C28H31N3O6S3. The summed E-state index contributed by atoms with van der Waals surface area (Å²) in [5, 5.41) is 7.51. The van der Waals surface area contributed by atoms with Gasteiger partial charge < -0.3 is 25.0 Å².